The first kappa shape index (κ1) is 17.0. The van der Waals surface area contributed by atoms with Gasteiger partial charge in [0, 0.05) is 18.2 Å². The van der Waals surface area contributed by atoms with Crippen LogP contribution < -0.4 is 16.4 Å². The summed E-state index contributed by atoms with van der Waals surface area (Å²) in [5.41, 5.74) is 9.06. The van der Waals surface area contributed by atoms with Gasteiger partial charge in [-0.15, -0.1) is 0 Å². The van der Waals surface area contributed by atoms with Crippen LogP contribution in [-0.4, -0.2) is 11.8 Å². The molecule has 0 heterocycles. The average Bonchev–Trinajstić information content (AvgIpc) is 2.56. The van der Waals surface area contributed by atoms with E-state index >= 15 is 0 Å². The third-order valence-corrected chi connectivity index (χ3v) is 4.33. The molecule has 3 rings (SSSR count). The van der Waals surface area contributed by atoms with Crippen molar-refractivity contribution in [3.05, 3.63) is 58.9 Å². The Morgan fingerprint density at radius 2 is 2.00 bits per heavy atom. The number of carbonyl (C=O) groups is 2. The molecule has 0 saturated carbocycles. The number of aryl methyl sites for hydroxylation is 1. The van der Waals surface area contributed by atoms with Crippen LogP contribution in [0.25, 0.3) is 0 Å². The number of nitrogen functional groups attached to an aromatic ring is 1. The van der Waals surface area contributed by atoms with Gasteiger partial charge in [-0.3, -0.25) is 9.59 Å². The molecule has 0 saturated heterocycles. The summed E-state index contributed by atoms with van der Waals surface area (Å²) in [7, 11) is 0. The van der Waals surface area contributed by atoms with Gasteiger partial charge in [0.05, 0.1) is 11.7 Å². The summed E-state index contributed by atoms with van der Waals surface area (Å²) in [6.45, 7) is 1.29. The van der Waals surface area contributed by atoms with E-state index in [0.29, 0.717) is 11.3 Å². The zero-order valence-electron chi connectivity index (χ0n) is 13.9. The molecule has 5 nitrogen and oxygen atoms in total. The minimum atomic E-state index is -0.578. The van der Waals surface area contributed by atoms with Crippen molar-refractivity contribution in [3.8, 4) is 0 Å². The maximum atomic E-state index is 13.7. The van der Waals surface area contributed by atoms with Crippen LogP contribution in [0, 0.1) is 5.82 Å². The van der Waals surface area contributed by atoms with E-state index < -0.39 is 11.7 Å². The highest BCUT2D eigenvalue weighted by Gasteiger charge is 2.22. The molecule has 1 unspecified atom stereocenters. The monoisotopic (exact) mass is 341 g/mol. The van der Waals surface area contributed by atoms with Gasteiger partial charge in [0.25, 0.3) is 5.91 Å². The number of fused-ring (bicyclic) bond motifs is 1. The minimum absolute atomic E-state index is 0.00281. The SMILES string of the molecule is CC(=O)Nc1cc(C(=O)NC2CCCc3cc(N)ccc32)ccc1F. The molecule has 0 fully saturated rings. The molecule has 4 N–H and O–H groups in total. The van der Waals surface area contributed by atoms with Gasteiger partial charge in [0.2, 0.25) is 5.91 Å². The molecule has 0 aromatic heterocycles. The van der Waals surface area contributed by atoms with Gasteiger partial charge in [-0.2, -0.15) is 0 Å². The molecule has 0 bridgehead atoms. The van der Waals surface area contributed by atoms with E-state index in [1.54, 1.807) is 0 Å². The summed E-state index contributed by atoms with van der Waals surface area (Å²) in [5.74, 6) is -1.28. The Balaban J connectivity index is 1.81. The maximum Gasteiger partial charge on any atom is 0.251 e. The van der Waals surface area contributed by atoms with Gasteiger partial charge in [-0.25, -0.2) is 4.39 Å². The molecule has 1 atom stereocenters. The fourth-order valence-electron chi connectivity index (χ4n) is 3.18. The van der Waals surface area contributed by atoms with Gasteiger partial charge in [-0.1, -0.05) is 6.07 Å². The van der Waals surface area contributed by atoms with Crippen molar-refractivity contribution in [3.63, 3.8) is 0 Å². The molecule has 6 heteroatoms. The van der Waals surface area contributed by atoms with E-state index in [-0.39, 0.29) is 17.6 Å². The summed E-state index contributed by atoms with van der Waals surface area (Å²) in [4.78, 5) is 23.7. The number of carbonyl (C=O) groups excluding carboxylic acids is 2. The van der Waals surface area contributed by atoms with Crippen LogP contribution in [0.1, 0.15) is 47.3 Å². The first-order valence-corrected chi connectivity index (χ1v) is 8.20. The molecular formula is C19H20FN3O2. The molecule has 0 radical (unpaired) electrons. The quantitative estimate of drug-likeness (QED) is 0.750. The van der Waals surface area contributed by atoms with E-state index in [1.165, 1.54) is 25.1 Å². The largest absolute Gasteiger partial charge is 0.399 e. The molecule has 0 aliphatic heterocycles. The number of hydrogen-bond donors (Lipinski definition) is 3. The molecule has 1 aliphatic rings. The number of rotatable bonds is 3. The topological polar surface area (TPSA) is 84.2 Å². The fourth-order valence-corrected chi connectivity index (χ4v) is 3.18. The van der Waals surface area contributed by atoms with Crippen molar-refractivity contribution in [1.29, 1.82) is 0 Å². The number of nitrogens with one attached hydrogen (secondary N) is 2. The summed E-state index contributed by atoms with van der Waals surface area (Å²) >= 11 is 0. The van der Waals surface area contributed by atoms with E-state index in [0.717, 1.165) is 30.4 Å². The molecule has 0 spiro atoms. The first-order valence-electron chi connectivity index (χ1n) is 8.20. The second-order valence-electron chi connectivity index (χ2n) is 6.25. The third-order valence-electron chi connectivity index (χ3n) is 4.33. The van der Waals surface area contributed by atoms with E-state index in [2.05, 4.69) is 10.6 Å². The molecule has 2 aromatic rings. The lowest BCUT2D eigenvalue weighted by atomic mass is 9.87. The maximum absolute atomic E-state index is 13.7. The highest BCUT2D eigenvalue weighted by Crippen LogP contribution is 2.31. The second-order valence-corrected chi connectivity index (χ2v) is 6.25. The predicted molar refractivity (Wildman–Crippen MR) is 94.7 cm³/mol. The van der Waals surface area contributed by atoms with Crippen molar-refractivity contribution in [2.45, 2.75) is 32.2 Å². The number of hydrogen-bond acceptors (Lipinski definition) is 3. The van der Waals surface area contributed by atoms with Crippen molar-refractivity contribution in [1.82, 2.24) is 5.32 Å². The summed E-state index contributed by atoms with van der Waals surface area (Å²) in [6.07, 6.45) is 2.74. The Morgan fingerprint density at radius 1 is 1.20 bits per heavy atom. The van der Waals surface area contributed by atoms with Crippen molar-refractivity contribution < 1.29 is 14.0 Å². The van der Waals surface area contributed by atoms with Gasteiger partial charge in [0.1, 0.15) is 5.82 Å². The van der Waals surface area contributed by atoms with Crippen molar-refractivity contribution in [2.24, 2.45) is 0 Å². The summed E-state index contributed by atoms with van der Waals surface area (Å²) < 4.78 is 13.7. The van der Waals surface area contributed by atoms with E-state index in [4.69, 9.17) is 5.73 Å². The van der Waals surface area contributed by atoms with Crippen LogP contribution in [0.4, 0.5) is 15.8 Å². The lowest BCUT2D eigenvalue weighted by Crippen LogP contribution is -2.31. The molecular weight excluding hydrogens is 321 g/mol. The number of benzene rings is 2. The van der Waals surface area contributed by atoms with Gasteiger partial charge in [0.15, 0.2) is 0 Å². The highest BCUT2D eigenvalue weighted by atomic mass is 19.1. The minimum Gasteiger partial charge on any atom is -0.399 e. The third kappa shape index (κ3) is 3.79. The lowest BCUT2D eigenvalue weighted by molar-refractivity contribution is -0.114. The smallest absolute Gasteiger partial charge is 0.251 e. The zero-order chi connectivity index (χ0) is 18.0. The van der Waals surface area contributed by atoms with Crippen molar-refractivity contribution in [2.75, 3.05) is 11.1 Å². The van der Waals surface area contributed by atoms with Gasteiger partial charge < -0.3 is 16.4 Å². The van der Waals surface area contributed by atoms with Crippen LogP contribution in [0.5, 0.6) is 0 Å². The molecule has 2 aromatic carbocycles. The van der Waals surface area contributed by atoms with Crippen molar-refractivity contribution >= 4 is 23.2 Å². The highest BCUT2D eigenvalue weighted by molar-refractivity contribution is 5.97. The Morgan fingerprint density at radius 3 is 2.76 bits per heavy atom. The van der Waals surface area contributed by atoms with E-state index in [1.807, 2.05) is 18.2 Å². The average molecular weight is 341 g/mol. The number of anilines is 2. The van der Waals surface area contributed by atoms with E-state index in [9.17, 15) is 14.0 Å². The van der Waals surface area contributed by atoms with Gasteiger partial charge >= 0.3 is 0 Å². The Labute approximate surface area is 145 Å². The number of nitrogens with two attached hydrogens (primary N) is 1. The summed E-state index contributed by atoms with van der Waals surface area (Å²) in [5, 5.41) is 5.38. The number of halogens is 1. The Bertz CT molecular complexity index is 835. The standard InChI is InChI=1S/C19H20FN3O2/c1-11(24)22-18-10-13(5-8-16(18)20)19(25)23-17-4-2-3-12-9-14(21)6-7-15(12)17/h5-10,17H,2-4,21H2,1H3,(H,22,24)(H,23,25). The molecule has 25 heavy (non-hydrogen) atoms. The van der Waals surface area contributed by atoms with Crippen LogP contribution in [0.15, 0.2) is 36.4 Å². The van der Waals surface area contributed by atoms with Crippen LogP contribution >= 0.6 is 0 Å². The lowest BCUT2D eigenvalue weighted by Gasteiger charge is -2.26. The summed E-state index contributed by atoms with van der Waals surface area (Å²) in [6, 6.07) is 9.54. The number of amides is 2. The van der Waals surface area contributed by atoms with Crippen LogP contribution in [0.3, 0.4) is 0 Å². The zero-order valence-corrected chi connectivity index (χ0v) is 13.9. The molecule has 130 valence electrons. The Hall–Kier alpha value is -2.89. The second kappa shape index (κ2) is 6.93. The molecule has 1 aliphatic carbocycles. The predicted octanol–water partition coefficient (Wildman–Crippen LogP) is 3.17. The van der Waals surface area contributed by atoms with Gasteiger partial charge in [-0.05, 0) is 60.7 Å². The van der Waals surface area contributed by atoms with Crippen LogP contribution in [0.2, 0.25) is 0 Å². The first-order chi connectivity index (χ1) is 11.9. The fraction of sp³-hybridized carbons (Fsp3) is 0.263. The normalized spacial score (nSPS) is 16.0. The van der Waals surface area contributed by atoms with Crippen LogP contribution in [-0.2, 0) is 11.2 Å². The Kier molecular flexibility index (Phi) is 4.70. The molecule has 2 amide bonds.